The van der Waals surface area contributed by atoms with Crippen LogP contribution in [0.4, 0.5) is 5.13 Å². The van der Waals surface area contributed by atoms with Crippen molar-refractivity contribution >= 4 is 32.6 Å². The van der Waals surface area contributed by atoms with E-state index in [2.05, 4.69) is 22.1 Å². The maximum atomic E-state index is 12.4. The number of likely N-dealkylation sites (tertiary alicyclic amines) is 1. The van der Waals surface area contributed by atoms with Gasteiger partial charge in [-0.15, -0.1) is 0 Å². The van der Waals surface area contributed by atoms with Crippen LogP contribution in [-0.2, 0) is 4.79 Å². The second-order valence-corrected chi connectivity index (χ2v) is 6.90. The summed E-state index contributed by atoms with van der Waals surface area (Å²) < 4.78 is 1.10. The number of benzene rings is 1. The van der Waals surface area contributed by atoms with Gasteiger partial charge in [0.2, 0.25) is 5.91 Å². The predicted octanol–water partition coefficient (Wildman–Crippen LogP) is 3.36. The Bertz CT molecular complexity index is 598. The van der Waals surface area contributed by atoms with E-state index in [-0.39, 0.29) is 11.9 Å². The average Bonchev–Trinajstić information content (AvgIpc) is 2.89. The number of para-hydroxylation sites is 1. The van der Waals surface area contributed by atoms with Crippen molar-refractivity contribution < 1.29 is 4.79 Å². The molecule has 1 aromatic heterocycles. The lowest BCUT2D eigenvalue weighted by molar-refractivity contribution is -0.121. The Morgan fingerprint density at radius 3 is 2.81 bits per heavy atom. The molecule has 0 radical (unpaired) electrons. The van der Waals surface area contributed by atoms with Crippen molar-refractivity contribution in [2.24, 2.45) is 5.92 Å². The minimum atomic E-state index is -0.0930. The van der Waals surface area contributed by atoms with Crippen molar-refractivity contribution in [1.82, 2.24) is 9.88 Å². The first kappa shape index (κ1) is 14.5. The van der Waals surface area contributed by atoms with Crippen molar-refractivity contribution in [3.63, 3.8) is 0 Å². The number of piperidine rings is 1. The monoisotopic (exact) mass is 303 g/mol. The van der Waals surface area contributed by atoms with Crippen molar-refractivity contribution in [1.29, 1.82) is 0 Å². The van der Waals surface area contributed by atoms with Crippen LogP contribution in [0, 0.1) is 5.92 Å². The molecule has 2 heterocycles. The van der Waals surface area contributed by atoms with Gasteiger partial charge in [-0.25, -0.2) is 4.98 Å². The molecular formula is C16H21N3OS. The number of anilines is 1. The van der Waals surface area contributed by atoms with Gasteiger partial charge in [-0.1, -0.05) is 30.4 Å². The third-order valence-electron chi connectivity index (χ3n) is 4.27. The molecule has 1 fully saturated rings. The first-order valence-corrected chi connectivity index (χ1v) is 8.35. The molecule has 21 heavy (non-hydrogen) atoms. The summed E-state index contributed by atoms with van der Waals surface area (Å²) in [5.74, 6) is 0.824. The van der Waals surface area contributed by atoms with Gasteiger partial charge < -0.3 is 5.32 Å². The Hall–Kier alpha value is -1.46. The predicted molar refractivity (Wildman–Crippen MR) is 87.7 cm³/mol. The van der Waals surface area contributed by atoms with Gasteiger partial charge in [-0.2, -0.15) is 0 Å². The van der Waals surface area contributed by atoms with Crippen LogP contribution in [0.3, 0.4) is 0 Å². The highest BCUT2D eigenvalue weighted by atomic mass is 32.1. The Kier molecular flexibility index (Phi) is 4.22. The fourth-order valence-electron chi connectivity index (χ4n) is 2.72. The Balaban J connectivity index is 1.65. The summed E-state index contributed by atoms with van der Waals surface area (Å²) >= 11 is 1.53. The van der Waals surface area contributed by atoms with Gasteiger partial charge in [0.25, 0.3) is 0 Å². The lowest BCUT2D eigenvalue weighted by Crippen LogP contribution is -2.45. The molecule has 0 saturated carbocycles. The highest BCUT2D eigenvalue weighted by Crippen LogP contribution is 2.26. The Morgan fingerprint density at radius 1 is 1.38 bits per heavy atom. The van der Waals surface area contributed by atoms with Crippen molar-refractivity contribution in [2.75, 3.05) is 18.4 Å². The Morgan fingerprint density at radius 2 is 2.10 bits per heavy atom. The summed E-state index contributed by atoms with van der Waals surface area (Å²) in [6, 6.07) is 7.86. The SMILES string of the molecule is CC1CCN([C@H](C)C(=O)Nc2nc3ccccc3s2)CC1. The number of hydrogen-bond acceptors (Lipinski definition) is 4. The maximum absolute atomic E-state index is 12.4. The number of rotatable bonds is 3. The standard InChI is InChI=1S/C16H21N3OS/c1-11-7-9-19(10-8-11)12(2)15(20)18-16-17-13-5-3-4-6-14(13)21-16/h3-6,11-12H,7-10H2,1-2H3,(H,17,18,20)/t12-/m1/s1. The van der Waals surface area contributed by atoms with Gasteiger partial charge in [0.1, 0.15) is 0 Å². The molecule has 1 aliphatic heterocycles. The number of carbonyl (C=O) groups is 1. The fourth-order valence-corrected chi connectivity index (χ4v) is 3.59. The van der Waals surface area contributed by atoms with Crippen molar-refractivity contribution in [2.45, 2.75) is 32.7 Å². The summed E-state index contributed by atoms with van der Waals surface area (Å²) in [7, 11) is 0. The van der Waals surface area contributed by atoms with E-state index < -0.39 is 0 Å². The quantitative estimate of drug-likeness (QED) is 0.945. The normalized spacial score (nSPS) is 18.8. The largest absolute Gasteiger partial charge is 0.301 e. The summed E-state index contributed by atoms with van der Waals surface area (Å²) in [5, 5.41) is 3.66. The van der Waals surface area contributed by atoms with Gasteiger partial charge >= 0.3 is 0 Å². The minimum absolute atomic E-state index is 0.0450. The lowest BCUT2D eigenvalue weighted by Gasteiger charge is -2.33. The molecule has 0 spiro atoms. The molecule has 1 aromatic carbocycles. The summed E-state index contributed by atoms with van der Waals surface area (Å²) in [4.78, 5) is 19.1. The third-order valence-corrected chi connectivity index (χ3v) is 5.22. The molecular weight excluding hydrogens is 282 g/mol. The molecule has 2 aromatic rings. The van der Waals surface area contributed by atoms with E-state index in [9.17, 15) is 4.79 Å². The number of hydrogen-bond donors (Lipinski definition) is 1. The lowest BCUT2D eigenvalue weighted by atomic mass is 9.98. The van der Waals surface area contributed by atoms with Crippen LogP contribution < -0.4 is 5.32 Å². The number of amides is 1. The molecule has 0 aliphatic carbocycles. The zero-order chi connectivity index (χ0) is 14.8. The molecule has 1 saturated heterocycles. The van der Waals surface area contributed by atoms with Crippen LogP contribution >= 0.6 is 11.3 Å². The molecule has 1 aliphatic rings. The fraction of sp³-hybridized carbons (Fsp3) is 0.500. The number of aromatic nitrogens is 1. The summed E-state index contributed by atoms with van der Waals surface area (Å²) in [6.07, 6.45) is 2.36. The van der Waals surface area contributed by atoms with Crippen molar-refractivity contribution in [3.05, 3.63) is 24.3 Å². The molecule has 0 bridgehead atoms. The maximum Gasteiger partial charge on any atom is 0.243 e. The number of nitrogens with zero attached hydrogens (tertiary/aromatic N) is 2. The minimum Gasteiger partial charge on any atom is -0.301 e. The number of thiazole rings is 1. The topological polar surface area (TPSA) is 45.2 Å². The van der Waals surface area contributed by atoms with E-state index in [0.717, 1.165) is 29.2 Å². The van der Waals surface area contributed by atoms with E-state index in [1.807, 2.05) is 31.2 Å². The average molecular weight is 303 g/mol. The zero-order valence-electron chi connectivity index (χ0n) is 12.5. The summed E-state index contributed by atoms with van der Waals surface area (Å²) in [6.45, 7) is 6.28. The smallest absolute Gasteiger partial charge is 0.243 e. The number of carbonyl (C=O) groups excluding carboxylic acids is 1. The van der Waals surface area contributed by atoms with Crippen molar-refractivity contribution in [3.8, 4) is 0 Å². The summed E-state index contributed by atoms with van der Waals surface area (Å²) in [5.41, 5.74) is 0.942. The van der Waals surface area contributed by atoms with Gasteiger partial charge in [0.05, 0.1) is 16.3 Å². The molecule has 112 valence electrons. The van der Waals surface area contributed by atoms with Gasteiger partial charge in [0.15, 0.2) is 5.13 Å². The molecule has 1 atom stereocenters. The van der Waals surface area contributed by atoms with Gasteiger partial charge in [-0.05, 0) is 50.9 Å². The number of nitrogens with one attached hydrogen (secondary N) is 1. The zero-order valence-corrected chi connectivity index (χ0v) is 13.3. The van der Waals surface area contributed by atoms with E-state index in [1.54, 1.807) is 0 Å². The highest BCUT2D eigenvalue weighted by molar-refractivity contribution is 7.22. The molecule has 0 unspecified atom stereocenters. The van der Waals surface area contributed by atoms with Gasteiger partial charge in [0, 0.05) is 0 Å². The van der Waals surface area contributed by atoms with Crippen LogP contribution in [0.5, 0.6) is 0 Å². The highest BCUT2D eigenvalue weighted by Gasteiger charge is 2.25. The molecule has 3 rings (SSSR count). The van der Waals surface area contributed by atoms with E-state index >= 15 is 0 Å². The van der Waals surface area contributed by atoms with Crippen LogP contribution in [0.2, 0.25) is 0 Å². The molecule has 1 amide bonds. The van der Waals surface area contributed by atoms with E-state index in [0.29, 0.717) is 5.13 Å². The second kappa shape index (κ2) is 6.12. The van der Waals surface area contributed by atoms with Crippen LogP contribution in [-0.4, -0.2) is 34.9 Å². The molecule has 5 heteroatoms. The number of fused-ring (bicyclic) bond motifs is 1. The van der Waals surface area contributed by atoms with E-state index in [4.69, 9.17) is 0 Å². The first-order chi connectivity index (χ1) is 10.1. The van der Waals surface area contributed by atoms with Crippen LogP contribution in [0.25, 0.3) is 10.2 Å². The Labute approximate surface area is 129 Å². The van der Waals surface area contributed by atoms with E-state index in [1.165, 1.54) is 24.2 Å². The molecule has 1 N–H and O–H groups in total. The third kappa shape index (κ3) is 3.24. The first-order valence-electron chi connectivity index (χ1n) is 7.54. The van der Waals surface area contributed by atoms with Crippen LogP contribution in [0.1, 0.15) is 26.7 Å². The van der Waals surface area contributed by atoms with Gasteiger partial charge in [-0.3, -0.25) is 9.69 Å². The second-order valence-electron chi connectivity index (χ2n) is 5.87. The van der Waals surface area contributed by atoms with Crippen LogP contribution in [0.15, 0.2) is 24.3 Å². The molecule has 4 nitrogen and oxygen atoms in total.